The van der Waals surface area contributed by atoms with Crippen LogP contribution in [-0.2, 0) is 9.53 Å². The molecular formula is C11H13NO3. The molecular weight excluding hydrogens is 194 g/mol. The van der Waals surface area contributed by atoms with Gasteiger partial charge in [0.25, 0.3) is 0 Å². The van der Waals surface area contributed by atoms with E-state index in [4.69, 9.17) is 4.74 Å². The number of hydrogen-bond acceptors (Lipinski definition) is 4. The molecule has 1 atom stereocenters. The van der Waals surface area contributed by atoms with E-state index in [0.717, 1.165) is 0 Å². The lowest BCUT2D eigenvalue weighted by molar-refractivity contribution is -0.126. The summed E-state index contributed by atoms with van der Waals surface area (Å²) in [6.07, 6.45) is 0.821. The molecule has 0 aromatic carbocycles. The van der Waals surface area contributed by atoms with Gasteiger partial charge in [0.2, 0.25) is 0 Å². The van der Waals surface area contributed by atoms with Crippen molar-refractivity contribution < 1.29 is 14.3 Å². The Bertz CT molecular complexity index is 348. The number of carbonyl (C=O) groups is 2. The van der Waals surface area contributed by atoms with E-state index in [1.54, 1.807) is 25.1 Å². The van der Waals surface area contributed by atoms with E-state index in [1.807, 2.05) is 0 Å². The van der Waals surface area contributed by atoms with Crippen molar-refractivity contribution in [3.05, 3.63) is 30.1 Å². The third-order valence-electron chi connectivity index (χ3n) is 2.09. The fraction of sp³-hybridized carbons (Fsp3) is 0.364. The molecule has 1 aromatic heterocycles. The summed E-state index contributed by atoms with van der Waals surface area (Å²) >= 11 is 0. The van der Waals surface area contributed by atoms with Gasteiger partial charge in [-0.05, 0) is 19.1 Å². The number of Topliss-reactive ketones (excluding diaryl/α,β-unsaturated/α-hetero) is 2. The number of pyridine rings is 1. The van der Waals surface area contributed by atoms with Crippen molar-refractivity contribution in [3.63, 3.8) is 0 Å². The molecule has 4 heteroatoms. The van der Waals surface area contributed by atoms with E-state index in [2.05, 4.69) is 4.98 Å². The summed E-state index contributed by atoms with van der Waals surface area (Å²) in [5, 5.41) is 0. The predicted molar refractivity (Wildman–Crippen MR) is 54.7 cm³/mol. The summed E-state index contributed by atoms with van der Waals surface area (Å²) in [5.41, 5.74) is 0.314. The van der Waals surface area contributed by atoms with E-state index in [0.29, 0.717) is 5.69 Å². The summed E-state index contributed by atoms with van der Waals surface area (Å²) in [5.74, 6) is -0.502. The Kier molecular flexibility index (Phi) is 4.12. The second-order valence-corrected chi connectivity index (χ2v) is 3.16. The van der Waals surface area contributed by atoms with Crippen molar-refractivity contribution in [1.82, 2.24) is 4.98 Å². The van der Waals surface area contributed by atoms with Gasteiger partial charge >= 0.3 is 0 Å². The Morgan fingerprint density at radius 1 is 1.47 bits per heavy atom. The van der Waals surface area contributed by atoms with Crippen LogP contribution in [0.5, 0.6) is 0 Å². The molecule has 80 valence electrons. The fourth-order valence-electron chi connectivity index (χ4n) is 1.05. The Hall–Kier alpha value is -1.55. The quantitative estimate of drug-likeness (QED) is 0.538. The molecule has 1 aromatic rings. The lowest BCUT2D eigenvalue weighted by atomic mass is 10.1. The van der Waals surface area contributed by atoms with Gasteiger partial charge in [-0.3, -0.25) is 14.6 Å². The van der Waals surface area contributed by atoms with Gasteiger partial charge in [0.1, 0.15) is 11.8 Å². The van der Waals surface area contributed by atoms with Crippen LogP contribution in [0.25, 0.3) is 0 Å². The van der Waals surface area contributed by atoms with Crippen LogP contribution in [0, 0.1) is 0 Å². The molecule has 0 radical (unpaired) electrons. The van der Waals surface area contributed by atoms with Crippen molar-refractivity contribution in [1.29, 1.82) is 0 Å². The van der Waals surface area contributed by atoms with E-state index < -0.39 is 6.10 Å². The first-order chi connectivity index (χ1) is 7.15. The zero-order valence-electron chi connectivity index (χ0n) is 8.77. The zero-order valence-corrected chi connectivity index (χ0v) is 8.77. The molecule has 0 saturated carbocycles. The maximum absolute atomic E-state index is 11.5. The zero-order chi connectivity index (χ0) is 11.3. The lowest BCUT2D eigenvalue weighted by Gasteiger charge is -2.06. The summed E-state index contributed by atoms with van der Waals surface area (Å²) in [7, 11) is 1.44. The van der Waals surface area contributed by atoms with E-state index in [9.17, 15) is 9.59 Å². The van der Waals surface area contributed by atoms with Crippen LogP contribution < -0.4 is 0 Å². The van der Waals surface area contributed by atoms with Gasteiger partial charge in [-0.25, -0.2) is 0 Å². The number of ether oxygens (including phenoxy) is 1. The maximum Gasteiger partial charge on any atom is 0.188 e. The highest BCUT2D eigenvalue weighted by atomic mass is 16.5. The third-order valence-corrected chi connectivity index (χ3v) is 2.09. The van der Waals surface area contributed by atoms with Crippen LogP contribution in [0.3, 0.4) is 0 Å². The molecule has 0 spiro atoms. The monoisotopic (exact) mass is 207 g/mol. The van der Waals surface area contributed by atoms with Crippen molar-refractivity contribution in [2.45, 2.75) is 19.4 Å². The highest BCUT2D eigenvalue weighted by Gasteiger charge is 2.17. The summed E-state index contributed by atoms with van der Waals surface area (Å²) < 4.78 is 4.83. The molecule has 0 aliphatic rings. The van der Waals surface area contributed by atoms with Gasteiger partial charge in [-0.2, -0.15) is 0 Å². The molecule has 4 nitrogen and oxygen atoms in total. The number of nitrogens with zero attached hydrogens (tertiary/aromatic N) is 1. The molecule has 15 heavy (non-hydrogen) atoms. The topological polar surface area (TPSA) is 56.3 Å². The second-order valence-electron chi connectivity index (χ2n) is 3.16. The van der Waals surface area contributed by atoms with E-state index in [-0.39, 0.29) is 18.0 Å². The molecule has 0 bridgehead atoms. The Labute approximate surface area is 88.3 Å². The molecule has 1 rings (SSSR count). The van der Waals surface area contributed by atoms with Gasteiger partial charge in [0, 0.05) is 13.3 Å². The van der Waals surface area contributed by atoms with Crippen LogP contribution in [0.4, 0.5) is 0 Å². The molecule has 1 heterocycles. The average molecular weight is 207 g/mol. The SMILES string of the molecule is COC(C)C(=O)CC(=O)c1ccccn1. The average Bonchev–Trinajstić information content (AvgIpc) is 2.29. The number of ketones is 2. The standard InChI is InChI=1S/C11H13NO3/c1-8(15-2)10(13)7-11(14)9-5-3-4-6-12-9/h3-6,8H,7H2,1-2H3. The molecule has 0 N–H and O–H groups in total. The first-order valence-corrected chi connectivity index (χ1v) is 4.65. The minimum Gasteiger partial charge on any atom is -0.374 e. The summed E-state index contributed by atoms with van der Waals surface area (Å²) in [6, 6.07) is 5.02. The van der Waals surface area contributed by atoms with Crippen LogP contribution in [0.1, 0.15) is 23.8 Å². The number of aromatic nitrogens is 1. The molecule has 1 unspecified atom stereocenters. The molecule has 0 saturated heterocycles. The smallest absolute Gasteiger partial charge is 0.188 e. The molecule has 0 fully saturated rings. The minimum atomic E-state index is -0.544. The first kappa shape index (κ1) is 11.5. The number of methoxy groups -OCH3 is 1. The van der Waals surface area contributed by atoms with Crippen LogP contribution in [-0.4, -0.2) is 29.8 Å². The van der Waals surface area contributed by atoms with Crippen molar-refractivity contribution in [2.24, 2.45) is 0 Å². The fourth-order valence-corrected chi connectivity index (χ4v) is 1.05. The highest BCUT2D eigenvalue weighted by Crippen LogP contribution is 2.03. The van der Waals surface area contributed by atoms with Crippen LogP contribution in [0.2, 0.25) is 0 Å². The van der Waals surface area contributed by atoms with Crippen LogP contribution in [0.15, 0.2) is 24.4 Å². The maximum atomic E-state index is 11.5. The van der Waals surface area contributed by atoms with Gasteiger partial charge in [0.05, 0.1) is 6.42 Å². The Balaban J connectivity index is 2.61. The third kappa shape index (κ3) is 3.25. The van der Waals surface area contributed by atoms with Crippen LogP contribution >= 0.6 is 0 Å². The van der Waals surface area contributed by atoms with E-state index in [1.165, 1.54) is 13.3 Å². The number of rotatable bonds is 5. The predicted octanol–water partition coefficient (Wildman–Crippen LogP) is 1.26. The number of carbonyl (C=O) groups excluding carboxylic acids is 2. The van der Waals surface area contributed by atoms with Gasteiger partial charge < -0.3 is 4.74 Å². The summed E-state index contributed by atoms with van der Waals surface area (Å²) in [6.45, 7) is 1.62. The molecule has 0 aliphatic carbocycles. The Morgan fingerprint density at radius 2 is 2.20 bits per heavy atom. The Morgan fingerprint density at radius 3 is 2.73 bits per heavy atom. The van der Waals surface area contributed by atoms with Gasteiger partial charge in [-0.1, -0.05) is 6.07 Å². The highest BCUT2D eigenvalue weighted by molar-refractivity contribution is 6.08. The minimum absolute atomic E-state index is 0.161. The largest absolute Gasteiger partial charge is 0.374 e. The van der Waals surface area contributed by atoms with Gasteiger partial charge in [0.15, 0.2) is 11.6 Å². The first-order valence-electron chi connectivity index (χ1n) is 4.65. The number of hydrogen-bond donors (Lipinski definition) is 0. The van der Waals surface area contributed by atoms with E-state index >= 15 is 0 Å². The second kappa shape index (κ2) is 5.36. The normalized spacial score (nSPS) is 12.1. The van der Waals surface area contributed by atoms with Crippen molar-refractivity contribution >= 4 is 11.6 Å². The van der Waals surface area contributed by atoms with Crippen molar-refractivity contribution in [2.75, 3.05) is 7.11 Å². The lowest BCUT2D eigenvalue weighted by Crippen LogP contribution is -2.22. The molecule has 0 amide bonds. The van der Waals surface area contributed by atoms with Gasteiger partial charge in [-0.15, -0.1) is 0 Å². The van der Waals surface area contributed by atoms with Crippen molar-refractivity contribution in [3.8, 4) is 0 Å². The molecule has 0 aliphatic heterocycles. The summed E-state index contributed by atoms with van der Waals surface area (Å²) in [4.78, 5) is 26.8.